The van der Waals surface area contributed by atoms with Gasteiger partial charge in [-0.25, -0.2) is 8.42 Å². The van der Waals surface area contributed by atoms with Gasteiger partial charge in [0.1, 0.15) is 9.97 Å². The lowest BCUT2D eigenvalue weighted by atomic mass is 9.95. The van der Waals surface area contributed by atoms with Gasteiger partial charge in [0.15, 0.2) is 0 Å². The second-order valence-corrected chi connectivity index (χ2v) is 9.32. The molecule has 0 spiro atoms. The van der Waals surface area contributed by atoms with Crippen LogP contribution in [0.1, 0.15) is 24.2 Å². The first-order chi connectivity index (χ1) is 13.0. The fourth-order valence-corrected chi connectivity index (χ4v) is 5.05. The van der Waals surface area contributed by atoms with Gasteiger partial charge in [0.05, 0.1) is 18.2 Å². The van der Waals surface area contributed by atoms with Gasteiger partial charge >= 0.3 is 0 Å². The fraction of sp³-hybridized carbons (Fsp3) is 0.211. The lowest BCUT2D eigenvalue weighted by molar-refractivity contribution is -0.123. The van der Waals surface area contributed by atoms with E-state index in [-0.39, 0.29) is 10.1 Å². The molecule has 0 aliphatic heterocycles. The van der Waals surface area contributed by atoms with Crippen molar-refractivity contribution in [2.45, 2.75) is 29.0 Å². The minimum Gasteiger partial charge on any atom is -0.467 e. The number of nitrogens with one attached hydrogen (secondary N) is 2. The van der Waals surface area contributed by atoms with Crippen LogP contribution in [-0.4, -0.2) is 14.3 Å². The van der Waals surface area contributed by atoms with Crippen LogP contribution in [0.2, 0.25) is 0 Å². The lowest BCUT2D eigenvalue weighted by Gasteiger charge is -2.16. The Kier molecular flexibility index (Phi) is 4.53. The Labute approximate surface area is 161 Å². The van der Waals surface area contributed by atoms with Crippen LogP contribution in [0.4, 0.5) is 5.69 Å². The van der Waals surface area contributed by atoms with E-state index in [9.17, 15) is 13.2 Å². The van der Waals surface area contributed by atoms with Gasteiger partial charge in [-0.2, -0.15) is 0 Å². The number of anilines is 1. The molecule has 1 saturated carbocycles. The molecule has 0 bridgehead atoms. The highest BCUT2D eigenvalue weighted by Gasteiger charge is 2.51. The van der Waals surface area contributed by atoms with Crippen LogP contribution in [-0.2, 0) is 26.8 Å². The van der Waals surface area contributed by atoms with E-state index in [4.69, 9.17) is 4.42 Å². The SMILES string of the molecule is O=C(NCc1ccco1)C1(c2ccc(NS(=O)(=O)c3cccs3)cc2)CC1. The molecular weight excluding hydrogens is 384 g/mol. The highest BCUT2D eigenvalue weighted by Crippen LogP contribution is 2.48. The molecule has 1 aromatic carbocycles. The Morgan fingerprint density at radius 1 is 1.11 bits per heavy atom. The van der Waals surface area contributed by atoms with Crippen molar-refractivity contribution in [3.8, 4) is 0 Å². The predicted octanol–water partition coefficient (Wildman–Crippen LogP) is 3.49. The third-order valence-electron chi connectivity index (χ3n) is 4.64. The van der Waals surface area contributed by atoms with Gasteiger partial charge in [0.25, 0.3) is 10.0 Å². The first-order valence-corrected chi connectivity index (χ1v) is 10.8. The van der Waals surface area contributed by atoms with Crippen molar-refractivity contribution >= 4 is 33.0 Å². The number of carbonyl (C=O) groups is 1. The molecule has 2 aromatic heterocycles. The molecule has 140 valence electrons. The Morgan fingerprint density at radius 2 is 1.89 bits per heavy atom. The molecule has 0 unspecified atom stereocenters. The molecule has 0 saturated heterocycles. The van der Waals surface area contributed by atoms with Crippen molar-refractivity contribution in [1.82, 2.24) is 5.32 Å². The van der Waals surface area contributed by atoms with Crippen molar-refractivity contribution in [1.29, 1.82) is 0 Å². The van der Waals surface area contributed by atoms with Crippen LogP contribution in [0.25, 0.3) is 0 Å². The van der Waals surface area contributed by atoms with E-state index in [0.717, 1.165) is 29.7 Å². The van der Waals surface area contributed by atoms with Gasteiger partial charge in [0, 0.05) is 5.69 Å². The van der Waals surface area contributed by atoms with Crippen LogP contribution >= 0.6 is 11.3 Å². The normalized spacial score (nSPS) is 15.3. The Bertz CT molecular complexity index is 1020. The van der Waals surface area contributed by atoms with E-state index in [2.05, 4.69) is 10.0 Å². The van der Waals surface area contributed by atoms with Gasteiger partial charge in [-0.1, -0.05) is 18.2 Å². The average Bonchev–Trinajstić information content (AvgIpc) is 3.07. The second kappa shape index (κ2) is 6.86. The van der Waals surface area contributed by atoms with Crippen molar-refractivity contribution in [3.63, 3.8) is 0 Å². The van der Waals surface area contributed by atoms with Gasteiger partial charge in [0.2, 0.25) is 5.91 Å². The lowest BCUT2D eigenvalue weighted by Crippen LogP contribution is -2.34. The highest BCUT2D eigenvalue weighted by molar-refractivity contribution is 7.94. The van der Waals surface area contributed by atoms with E-state index in [1.165, 1.54) is 0 Å². The molecule has 3 aromatic rings. The number of sulfonamides is 1. The first-order valence-electron chi connectivity index (χ1n) is 8.47. The van der Waals surface area contributed by atoms with E-state index < -0.39 is 15.4 Å². The third-order valence-corrected chi connectivity index (χ3v) is 7.42. The van der Waals surface area contributed by atoms with Gasteiger partial charge in [-0.3, -0.25) is 9.52 Å². The zero-order valence-electron chi connectivity index (χ0n) is 14.3. The summed E-state index contributed by atoms with van der Waals surface area (Å²) in [7, 11) is -3.57. The Balaban J connectivity index is 1.44. The van der Waals surface area contributed by atoms with Gasteiger partial charge < -0.3 is 9.73 Å². The molecule has 8 heteroatoms. The van der Waals surface area contributed by atoms with Crippen LogP contribution in [0.5, 0.6) is 0 Å². The topological polar surface area (TPSA) is 88.4 Å². The van der Waals surface area contributed by atoms with E-state index in [1.807, 2.05) is 18.2 Å². The van der Waals surface area contributed by atoms with Crippen LogP contribution in [0, 0.1) is 0 Å². The third kappa shape index (κ3) is 3.63. The average molecular weight is 402 g/mol. The minimum atomic E-state index is -3.57. The molecule has 1 aliphatic rings. The summed E-state index contributed by atoms with van der Waals surface area (Å²) in [5, 5.41) is 4.63. The molecule has 4 rings (SSSR count). The molecule has 0 atom stereocenters. The number of thiophene rings is 1. The molecule has 1 amide bonds. The number of hydrogen-bond acceptors (Lipinski definition) is 5. The monoisotopic (exact) mass is 402 g/mol. The molecule has 6 nitrogen and oxygen atoms in total. The highest BCUT2D eigenvalue weighted by atomic mass is 32.2. The number of amides is 1. The van der Waals surface area contributed by atoms with E-state index >= 15 is 0 Å². The summed E-state index contributed by atoms with van der Waals surface area (Å²) in [4.78, 5) is 12.6. The molecule has 0 radical (unpaired) electrons. The van der Waals surface area contributed by atoms with Crippen molar-refractivity contribution < 1.29 is 17.6 Å². The standard InChI is InChI=1S/C19H18N2O4S2/c22-18(20-13-16-3-1-11-25-16)19(9-10-19)14-5-7-15(8-6-14)21-27(23,24)17-4-2-12-26-17/h1-8,11-12,21H,9-10,13H2,(H,20,22). The van der Waals surface area contributed by atoms with Crippen LogP contribution < -0.4 is 10.0 Å². The van der Waals surface area contributed by atoms with Crippen LogP contribution in [0.15, 0.2) is 68.8 Å². The number of benzene rings is 1. The Hall–Kier alpha value is -2.58. The maximum atomic E-state index is 12.6. The summed E-state index contributed by atoms with van der Waals surface area (Å²) in [5.41, 5.74) is 0.829. The number of hydrogen-bond donors (Lipinski definition) is 2. The van der Waals surface area contributed by atoms with E-state index in [0.29, 0.717) is 18.0 Å². The predicted molar refractivity (Wildman–Crippen MR) is 103 cm³/mol. The summed E-state index contributed by atoms with van der Waals surface area (Å²) < 4.78 is 32.6. The fourth-order valence-electron chi connectivity index (χ4n) is 3.00. The molecule has 27 heavy (non-hydrogen) atoms. The molecule has 2 heterocycles. The minimum absolute atomic E-state index is 0.0363. The molecular formula is C19H18N2O4S2. The quantitative estimate of drug-likeness (QED) is 0.633. The van der Waals surface area contributed by atoms with Crippen molar-refractivity contribution in [2.24, 2.45) is 0 Å². The maximum Gasteiger partial charge on any atom is 0.271 e. The summed E-state index contributed by atoms with van der Waals surface area (Å²) in [5.74, 6) is 0.670. The summed E-state index contributed by atoms with van der Waals surface area (Å²) in [6.45, 7) is 0.353. The van der Waals surface area contributed by atoms with Gasteiger partial charge in [-0.15, -0.1) is 11.3 Å². The smallest absolute Gasteiger partial charge is 0.271 e. The molecule has 1 fully saturated rings. The summed E-state index contributed by atoms with van der Waals surface area (Å²) in [6, 6.07) is 13.9. The second-order valence-electron chi connectivity index (χ2n) is 6.46. The Morgan fingerprint density at radius 3 is 2.48 bits per heavy atom. The summed E-state index contributed by atoms with van der Waals surface area (Å²) >= 11 is 1.16. The zero-order chi connectivity index (χ0) is 18.9. The van der Waals surface area contributed by atoms with Crippen molar-refractivity contribution in [2.75, 3.05) is 4.72 Å². The zero-order valence-corrected chi connectivity index (χ0v) is 16.0. The van der Waals surface area contributed by atoms with Crippen LogP contribution in [0.3, 0.4) is 0 Å². The maximum absolute atomic E-state index is 12.6. The van der Waals surface area contributed by atoms with Crippen molar-refractivity contribution in [3.05, 3.63) is 71.5 Å². The summed E-state index contributed by atoms with van der Waals surface area (Å²) in [6.07, 6.45) is 3.12. The molecule has 1 aliphatic carbocycles. The van der Waals surface area contributed by atoms with E-state index in [1.54, 1.807) is 42.0 Å². The number of furan rings is 1. The number of rotatable bonds is 7. The first kappa shape index (κ1) is 17.8. The van der Waals surface area contributed by atoms with Gasteiger partial charge in [-0.05, 0) is 54.1 Å². The number of carbonyl (C=O) groups excluding carboxylic acids is 1. The molecule has 2 N–H and O–H groups in total. The largest absolute Gasteiger partial charge is 0.467 e.